The van der Waals surface area contributed by atoms with Crippen molar-refractivity contribution in [2.45, 2.75) is 106 Å². The summed E-state index contributed by atoms with van der Waals surface area (Å²) in [6, 6.07) is 0.380. The van der Waals surface area contributed by atoms with Gasteiger partial charge in [-0.25, -0.2) is 0 Å². The van der Waals surface area contributed by atoms with Crippen molar-refractivity contribution in [3.05, 3.63) is 0 Å². The van der Waals surface area contributed by atoms with Crippen molar-refractivity contribution in [2.24, 2.45) is 29.6 Å². The van der Waals surface area contributed by atoms with Crippen LogP contribution in [0.15, 0.2) is 0 Å². The lowest BCUT2D eigenvalue weighted by Crippen LogP contribution is -2.57. The highest BCUT2D eigenvalue weighted by atomic mass is 32.1. The highest BCUT2D eigenvalue weighted by Crippen LogP contribution is 2.53. The summed E-state index contributed by atoms with van der Waals surface area (Å²) in [6.07, 6.45) is 11.5. The van der Waals surface area contributed by atoms with Gasteiger partial charge in [-0.1, -0.05) is 0 Å². The molecule has 0 aromatic heterocycles. The van der Waals surface area contributed by atoms with Crippen molar-refractivity contribution >= 4 is 18.5 Å². The first kappa shape index (κ1) is 24.4. The molecule has 1 heterocycles. The van der Waals surface area contributed by atoms with E-state index in [1.54, 1.807) is 21.3 Å². The Morgan fingerprint density at radius 3 is 2.03 bits per heavy atom. The molecule has 6 aliphatic rings. The van der Waals surface area contributed by atoms with Crippen LogP contribution in [0.2, 0.25) is 0 Å². The first-order valence-corrected chi connectivity index (χ1v) is 13.7. The molecular formula is C26H43NO5S. The molecule has 6 rings (SSSR count). The summed E-state index contributed by atoms with van der Waals surface area (Å²) in [5, 5.41) is 3.13. The first-order chi connectivity index (χ1) is 16.0. The maximum Gasteiger partial charge on any atom is 0.233 e. The summed E-state index contributed by atoms with van der Waals surface area (Å²) >= 11 is 4.72. The zero-order chi connectivity index (χ0) is 23.1. The third kappa shape index (κ3) is 5.00. The van der Waals surface area contributed by atoms with Gasteiger partial charge in [-0.15, -0.1) is 0 Å². The first-order valence-electron chi connectivity index (χ1n) is 13.2. The number of carbonyl (C=O) groups is 1. The largest absolute Gasteiger partial charge is 0.379 e. The van der Waals surface area contributed by atoms with E-state index in [-0.39, 0.29) is 41.7 Å². The number of ether oxygens (including phenoxy) is 4. The van der Waals surface area contributed by atoms with Crippen molar-refractivity contribution in [3.63, 3.8) is 0 Å². The van der Waals surface area contributed by atoms with E-state index in [2.05, 4.69) is 5.32 Å². The molecule has 0 spiro atoms. The number of methoxy groups -OCH3 is 3. The van der Waals surface area contributed by atoms with Crippen LogP contribution < -0.4 is 5.32 Å². The Labute approximate surface area is 204 Å². The number of thiol groups is 1. The molecule has 5 saturated carbocycles. The van der Waals surface area contributed by atoms with Crippen LogP contribution in [0.4, 0.5) is 0 Å². The third-order valence-corrected chi connectivity index (χ3v) is 10.1. The van der Waals surface area contributed by atoms with Gasteiger partial charge in [-0.3, -0.25) is 4.79 Å². The van der Waals surface area contributed by atoms with Gasteiger partial charge in [0, 0.05) is 27.4 Å². The van der Waals surface area contributed by atoms with Gasteiger partial charge in [-0.2, -0.15) is 12.6 Å². The van der Waals surface area contributed by atoms with Gasteiger partial charge in [0.2, 0.25) is 5.91 Å². The molecule has 6 nitrogen and oxygen atoms in total. The van der Waals surface area contributed by atoms with E-state index in [0.717, 1.165) is 37.5 Å². The molecule has 0 aromatic carbocycles. The van der Waals surface area contributed by atoms with Gasteiger partial charge in [0.1, 0.15) is 6.10 Å². The molecule has 7 heteroatoms. The second kappa shape index (κ2) is 10.3. The molecule has 1 aliphatic heterocycles. The Bertz CT molecular complexity index is 650. The molecule has 188 valence electrons. The van der Waals surface area contributed by atoms with Crippen LogP contribution in [0, 0.1) is 29.6 Å². The van der Waals surface area contributed by atoms with Gasteiger partial charge in [0.15, 0.2) is 0 Å². The van der Waals surface area contributed by atoms with Gasteiger partial charge in [0.25, 0.3) is 0 Å². The van der Waals surface area contributed by atoms with Crippen molar-refractivity contribution < 1.29 is 23.7 Å². The van der Waals surface area contributed by atoms with Crippen LogP contribution in [0.25, 0.3) is 0 Å². The highest BCUT2D eigenvalue weighted by molar-refractivity contribution is 7.81. The number of rotatable bonds is 8. The van der Waals surface area contributed by atoms with Crippen LogP contribution in [-0.4, -0.2) is 69.0 Å². The monoisotopic (exact) mass is 481 g/mol. The Balaban J connectivity index is 1.11. The Morgan fingerprint density at radius 1 is 0.879 bits per heavy atom. The average molecular weight is 482 g/mol. The normalized spacial score (nSPS) is 47.6. The van der Waals surface area contributed by atoms with E-state index in [9.17, 15) is 4.79 Å². The van der Waals surface area contributed by atoms with Crippen LogP contribution in [0.1, 0.15) is 64.2 Å². The number of amides is 1. The lowest BCUT2D eigenvalue weighted by Gasteiger charge is -2.54. The van der Waals surface area contributed by atoms with Crippen LogP contribution in [-0.2, 0) is 23.7 Å². The molecule has 1 amide bonds. The van der Waals surface area contributed by atoms with Crippen molar-refractivity contribution in [1.29, 1.82) is 0 Å². The minimum atomic E-state index is -0.298. The maximum absolute atomic E-state index is 13.0. The average Bonchev–Trinajstić information content (AvgIpc) is 3.28. The number of hydrogen-bond acceptors (Lipinski definition) is 6. The van der Waals surface area contributed by atoms with E-state index in [1.165, 1.54) is 32.1 Å². The number of nitrogens with one attached hydrogen (secondary N) is 1. The lowest BCUT2D eigenvalue weighted by molar-refractivity contribution is -0.154. The Kier molecular flexibility index (Phi) is 7.63. The molecule has 0 aromatic rings. The smallest absolute Gasteiger partial charge is 0.233 e. The molecule has 33 heavy (non-hydrogen) atoms. The fraction of sp³-hybridized carbons (Fsp3) is 0.962. The summed E-state index contributed by atoms with van der Waals surface area (Å²) in [6.45, 7) is 0. The molecule has 5 unspecified atom stereocenters. The van der Waals surface area contributed by atoms with Gasteiger partial charge in [-0.05, 0) is 93.8 Å². The molecular weight excluding hydrogens is 438 g/mol. The molecule has 0 radical (unpaired) electrons. The van der Waals surface area contributed by atoms with Crippen molar-refractivity contribution in [1.82, 2.24) is 5.32 Å². The predicted octanol–water partition coefficient (Wildman–Crippen LogP) is 3.62. The zero-order valence-corrected chi connectivity index (χ0v) is 21.4. The summed E-state index contributed by atoms with van der Waals surface area (Å²) in [4.78, 5) is 13.0. The van der Waals surface area contributed by atoms with E-state index in [1.807, 2.05) is 0 Å². The summed E-state index contributed by atoms with van der Waals surface area (Å²) in [5.74, 6) is 3.74. The summed E-state index contributed by atoms with van der Waals surface area (Å²) in [7, 11) is 5.22. The quantitative estimate of drug-likeness (QED) is 0.519. The Hall–Kier alpha value is -0.340. The lowest BCUT2D eigenvalue weighted by atomic mass is 9.54. The van der Waals surface area contributed by atoms with E-state index >= 15 is 0 Å². The minimum Gasteiger partial charge on any atom is -0.379 e. The standard InChI is InChI=1S/C26H43NO5S/c1-29-21-11-16(12-22(30-2)25(21)31-3)20-5-4-19(32-20)13-23(33)26(28)27-24-17-7-14-6-15(9-17)10-18(24)8-14/h14-25,33H,4-13H2,1-3H3,(H,27,28). The Morgan fingerprint density at radius 2 is 1.48 bits per heavy atom. The van der Waals surface area contributed by atoms with E-state index in [4.69, 9.17) is 31.6 Å². The fourth-order valence-electron chi connectivity index (χ4n) is 8.30. The molecule has 5 aliphatic carbocycles. The van der Waals surface area contributed by atoms with Crippen molar-refractivity contribution in [3.8, 4) is 0 Å². The highest BCUT2D eigenvalue weighted by Gasteiger charge is 2.49. The van der Waals surface area contributed by atoms with Crippen LogP contribution in [0.3, 0.4) is 0 Å². The SMILES string of the molecule is COC1CC(C2CCC(CC(S)C(=O)NC3C4CC5CC(C4)CC3C5)O2)CC(OC)C1OC. The fourth-order valence-corrected chi connectivity index (χ4v) is 8.61. The van der Waals surface area contributed by atoms with Gasteiger partial charge >= 0.3 is 0 Å². The molecule has 5 atom stereocenters. The molecule has 1 saturated heterocycles. The van der Waals surface area contributed by atoms with E-state index < -0.39 is 0 Å². The number of carbonyl (C=O) groups excluding carboxylic acids is 1. The summed E-state index contributed by atoms with van der Waals surface area (Å²) < 4.78 is 23.6. The summed E-state index contributed by atoms with van der Waals surface area (Å²) in [5.41, 5.74) is 0. The van der Waals surface area contributed by atoms with Gasteiger partial charge < -0.3 is 24.3 Å². The molecule has 6 fully saturated rings. The topological polar surface area (TPSA) is 66.0 Å². The minimum absolute atomic E-state index is 0.0192. The second-order valence-corrected chi connectivity index (χ2v) is 12.2. The van der Waals surface area contributed by atoms with Gasteiger partial charge in [0.05, 0.1) is 29.7 Å². The molecule has 1 N–H and O–H groups in total. The third-order valence-electron chi connectivity index (χ3n) is 9.67. The van der Waals surface area contributed by atoms with Crippen LogP contribution in [0.5, 0.6) is 0 Å². The predicted molar refractivity (Wildman–Crippen MR) is 129 cm³/mol. The number of hydrogen-bond donors (Lipinski definition) is 2. The van der Waals surface area contributed by atoms with Crippen molar-refractivity contribution in [2.75, 3.05) is 21.3 Å². The van der Waals surface area contributed by atoms with E-state index in [0.29, 0.717) is 30.2 Å². The maximum atomic E-state index is 13.0. The molecule has 4 bridgehead atoms. The zero-order valence-electron chi connectivity index (χ0n) is 20.5. The van der Waals surface area contributed by atoms with Crippen LogP contribution >= 0.6 is 12.6 Å². The second-order valence-electron chi connectivity index (χ2n) is 11.6.